The minimum Gasteiger partial charge on any atom is -0.454 e. The number of carbonyl (C=O) groups is 2. The van der Waals surface area contributed by atoms with Gasteiger partial charge in [0.05, 0.1) is 20.8 Å². The highest BCUT2D eigenvalue weighted by Gasteiger charge is 2.28. The molecule has 0 saturated heterocycles. The number of aromatic nitrogens is 4. The predicted molar refractivity (Wildman–Crippen MR) is 162 cm³/mol. The molecule has 1 amide bonds. The lowest BCUT2D eigenvalue weighted by atomic mass is 10.0. The van der Waals surface area contributed by atoms with Gasteiger partial charge < -0.3 is 15.4 Å². The highest BCUT2D eigenvalue weighted by Crippen LogP contribution is 2.37. The van der Waals surface area contributed by atoms with E-state index in [9.17, 15) is 14.4 Å². The summed E-state index contributed by atoms with van der Waals surface area (Å²) < 4.78 is 6.77. The van der Waals surface area contributed by atoms with Gasteiger partial charge in [-0.05, 0) is 43.7 Å². The fraction of sp³-hybridized carbons (Fsp3) is 0.185. The van der Waals surface area contributed by atoms with Crippen molar-refractivity contribution >= 4 is 75.5 Å². The molecule has 1 atom stereocenters. The first kappa shape index (κ1) is 30.3. The molecular formula is C27H24Cl4N6O4. The van der Waals surface area contributed by atoms with Crippen LogP contribution in [0.1, 0.15) is 38.9 Å². The number of nitrogens with zero attached hydrogens (tertiary/aromatic N) is 2. The summed E-state index contributed by atoms with van der Waals surface area (Å²) in [4.78, 5) is 38.0. The van der Waals surface area contributed by atoms with Crippen molar-refractivity contribution in [3.63, 3.8) is 0 Å². The summed E-state index contributed by atoms with van der Waals surface area (Å²) in [5, 5.41) is 16.7. The number of H-pyrrole nitrogens is 2. The summed E-state index contributed by atoms with van der Waals surface area (Å²) in [5.41, 5.74) is 1.32. The Morgan fingerprint density at radius 3 is 2.39 bits per heavy atom. The average molecular weight is 638 g/mol. The Hall–Kier alpha value is -3.70. The van der Waals surface area contributed by atoms with E-state index in [1.54, 1.807) is 24.4 Å². The van der Waals surface area contributed by atoms with Crippen molar-refractivity contribution in [2.24, 2.45) is 0 Å². The van der Waals surface area contributed by atoms with Gasteiger partial charge in [-0.3, -0.25) is 19.8 Å². The van der Waals surface area contributed by atoms with Gasteiger partial charge in [-0.15, -0.1) is 0 Å². The third-order valence-electron chi connectivity index (χ3n) is 5.86. The zero-order valence-electron chi connectivity index (χ0n) is 22.0. The monoisotopic (exact) mass is 636 g/mol. The van der Waals surface area contributed by atoms with E-state index in [-0.39, 0.29) is 49.3 Å². The molecule has 214 valence electrons. The molecule has 4 rings (SSSR count). The summed E-state index contributed by atoms with van der Waals surface area (Å²) in [6.45, 7) is 8.37. The molecule has 0 radical (unpaired) electrons. The quantitative estimate of drug-likeness (QED) is 0.111. The van der Waals surface area contributed by atoms with Crippen LogP contribution < -0.4 is 16.2 Å². The molecule has 0 saturated carbocycles. The first-order chi connectivity index (χ1) is 19.4. The van der Waals surface area contributed by atoms with Gasteiger partial charge in [0.15, 0.2) is 0 Å². The Kier molecular flexibility index (Phi) is 9.18. The molecule has 0 aliphatic heterocycles. The van der Waals surface area contributed by atoms with Gasteiger partial charge >= 0.3 is 5.97 Å². The molecule has 1 unspecified atom stereocenters. The number of aromatic amines is 2. The van der Waals surface area contributed by atoms with Crippen LogP contribution in [-0.2, 0) is 14.3 Å². The highest BCUT2D eigenvalue weighted by molar-refractivity contribution is 6.40. The van der Waals surface area contributed by atoms with Crippen LogP contribution in [0.15, 0.2) is 53.5 Å². The lowest BCUT2D eigenvalue weighted by molar-refractivity contribution is -0.144. The number of halogens is 4. The second kappa shape index (κ2) is 12.4. The van der Waals surface area contributed by atoms with E-state index in [2.05, 4.69) is 32.5 Å². The van der Waals surface area contributed by atoms with Gasteiger partial charge in [-0.25, -0.2) is 9.48 Å². The molecule has 0 spiro atoms. The normalized spacial score (nSPS) is 11.7. The summed E-state index contributed by atoms with van der Waals surface area (Å²) in [5.74, 6) is -0.704. The Bertz CT molecular complexity index is 1700. The number of amides is 1. The fourth-order valence-electron chi connectivity index (χ4n) is 4.03. The smallest absolute Gasteiger partial charge is 0.333 e. The molecule has 2 aromatic carbocycles. The van der Waals surface area contributed by atoms with E-state index >= 15 is 0 Å². The number of carbonyl (C=O) groups excluding carboxylic acids is 2. The van der Waals surface area contributed by atoms with Crippen LogP contribution in [0.5, 0.6) is 0 Å². The van der Waals surface area contributed by atoms with Crippen LogP contribution in [-0.4, -0.2) is 31.9 Å². The maximum atomic E-state index is 14.0. The first-order valence-corrected chi connectivity index (χ1v) is 13.7. The van der Waals surface area contributed by atoms with E-state index < -0.39 is 17.6 Å². The molecule has 0 aliphatic carbocycles. The van der Waals surface area contributed by atoms with Crippen molar-refractivity contribution in [2.45, 2.75) is 33.3 Å². The molecule has 2 heterocycles. The minimum absolute atomic E-state index is 0.0640. The van der Waals surface area contributed by atoms with Gasteiger partial charge in [0.25, 0.3) is 5.56 Å². The lowest BCUT2D eigenvalue weighted by Crippen LogP contribution is -2.17. The number of rotatable bonds is 9. The van der Waals surface area contributed by atoms with Crippen molar-refractivity contribution in [3.05, 3.63) is 84.7 Å². The Morgan fingerprint density at radius 2 is 1.78 bits per heavy atom. The van der Waals surface area contributed by atoms with Crippen LogP contribution >= 0.6 is 46.4 Å². The van der Waals surface area contributed by atoms with E-state index in [0.717, 1.165) is 4.68 Å². The largest absolute Gasteiger partial charge is 0.454 e. The Morgan fingerprint density at radius 1 is 1.10 bits per heavy atom. The van der Waals surface area contributed by atoms with E-state index in [0.29, 0.717) is 28.4 Å². The number of anilines is 3. The number of hydrogen-bond donors (Lipinski definition) is 4. The van der Waals surface area contributed by atoms with E-state index in [1.165, 1.54) is 26.0 Å². The fourth-order valence-corrected chi connectivity index (χ4v) is 5.18. The molecule has 0 fully saturated rings. The van der Waals surface area contributed by atoms with Crippen LogP contribution in [0.3, 0.4) is 0 Å². The average Bonchev–Trinajstić information content (AvgIpc) is 3.47. The van der Waals surface area contributed by atoms with E-state index in [1.807, 2.05) is 6.92 Å². The van der Waals surface area contributed by atoms with Crippen molar-refractivity contribution < 1.29 is 14.3 Å². The van der Waals surface area contributed by atoms with Gasteiger partial charge in [-0.1, -0.05) is 59.9 Å². The SMILES string of the molecule is C=C(C)C(=O)OC(CC)c1c[nH]nc1-c1c(Nc2cc(NC(C)=O)ccc2Cl)[nH]n(-c2c(Cl)cc(Cl)cc2Cl)c1=O. The molecule has 41 heavy (non-hydrogen) atoms. The second-order valence-electron chi connectivity index (χ2n) is 8.99. The van der Waals surface area contributed by atoms with Crippen LogP contribution in [0.25, 0.3) is 16.9 Å². The summed E-state index contributed by atoms with van der Waals surface area (Å²) in [6.07, 6.45) is 1.17. The Balaban J connectivity index is 1.93. The first-order valence-electron chi connectivity index (χ1n) is 12.2. The lowest BCUT2D eigenvalue weighted by Gasteiger charge is -2.16. The van der Waals surface area contributed by atoms with Crippen molar-refractivity contribution in [3.8, 4) is 16.9 Å². The van der Waals surface area contributed by atoms with Crippen LogP contribution in [0, 0.1) is 0 Å². The third kappa shape index (κ3) is 6.46. The van der Waals surface area contributed by atoms with Crippen LogP contribution in [0.4, 0.5) is 17.2 Å². The number of nitrogens with one attached hydrogen (secondary N) is 4. The number of hydrogen-bond acceptors (Lipinski definition) is 6. The van der Waals surface area contributed by atoms with Crippen LogP contribution in [0.2, 0.25) is 20.1 Å². The molecule has 14 heteroatoms. The molecule has 0 bridgehead atoms. The van der Waals surface area contributed by atoms with Gasteiger partial charge in [0.2, 0.25) is 5.91 Å². The Labute approximate surface area is 254 Å². The third-order valence-corrected chi connectivity index (χ3v) is 6.99. The standard InChI is InChI=1S/C27H24Cl4N6O4/c1-5-21(41-27(40)12(2)3)16-11-32-35-23(16)22-25(34-20-10-15(33-13(4)38)6-7-17(20)29)36-37(26(22)39)24-18(30)8-14(28)9-19(24)31/h6-11,21,34,36H,2,5H2,1,3-4H3,(H,32,35)(H,33,38). The van der Waals surface area contributed by atoms with E-state index in [4.69, 9.17) is 51.1 Å². The molecule has 4 N–H and O–H groups in total. The molecule has 2 aromatic heterocycles. The van der Waals surface area contributed by atoms with Gasteiger partial charge in [0, 0.05) is 35.0 Å². The molecular weight excluding hydrogens is 614 g/mol. The van der Waals surface area contributed by atoms with Crippen molar-refractivity contribution in [1.82, 2.24) is 20.0 Å². The topological polar surface area (TPSA) is 134 Å². The second-order valence-corrected chi connectivity index (χ2v) is 10.7. The molecule has 4 aromatic rings. The molecule has 10 nitrogen and oxygen atoms in total. The van der Waals surface area contributed by atoms with Crippen molar-refractivity contribution in [2.75, 3.05) is 10.6 Å². The summed E-state index contributed by atoms with van der Waals surface area (Å²) in [7, 11) is 0. The summed E-state index contributed by atoms with van der Waals surface area (Å²) in [6, 6.07) is 7.70. The number of benzene rings is 2. The minimum atomic E-state index is -0.752. The van der Waals surface area contributed by atoms with Gasteiger partial charge in [0.1, 0.15) is 28.9 Å². The summed E-state index contributed by atoms with van der Waals surface area (Å²) >= 11 is 25.5. The molecule has 0 aliphatic rings. The van der Waals surface area contributed by atoms with Crippen molar-refractivity contribution in [1.29, 1.82) is 0 Å². The predicted octanol–water partition coefficient (Wildman–Crippen LogP) is 7.44. The zero-order valence-corrected chi connectivity index (χ0v) is 25.0. The zero-order chi connectivity index (χ0) is 30.0. The maximum Gasteiger partial charge on any atom is 0.333 e. The number of ether oxygens (including phenoxy) is 1. The number of esters is 1. The van der Waals surface area contributed by atoms with Gasteiger partial charge in [-0.2, -0.15) is 5.10 Å². The highest BCUT2D eigenvalue weighted by atomic mass is 35.5. The maximum absolute atomic E-state index is 14.0.